The molecule has 2 aromatic carbocycles. The molecule has 0 spiro atoms. The van der Waals surface area contributed by atoms with E-state index in [0.29, 0.717) is 5.92 Å². The van der Waals surface area contributed by atoms with Gasteiger partial charge < -0.3 is 0 Å². The lowest BCUT2D eigenvalue weighted by Crippen LogP contribution is -2.27. The van der Waals surface area contributed by atoms with E-state index in [2.05, 4.69) is 96.8 Å². The molecule has 0 aliphatic carbocycles. The summed E-state index contributed by atoms with van der Waals surface area (Å²) in [6.07, 6.45) is 9.24. The van der Waals surface area contributed by atoms with Crippen LogP contribution in [0.15, 0.2) is 73.8 Å². The summed E-state index contributed by atoms with van der Waals surface area (Å²) in [5.41, 5.74) is 4.85. The largest absolute Gasteiger partial charge is 0.254 e. The lowest BCUT2D eigenvalue weighted by Gasteiger charge is -2.04. The Hall–Kier alpha value is -2.61. The summed E-state index contributed by atoms with van der Waals surface area (Å²) in [7, 11) is 0. The van der Waals surface area contributed by atoms with Gasteiger partial charge in [0.2, 0.25) is 0 Å². The van der Waals surface area contributed by atoms with E-state index in [0.717, 1.165) is 17.7 Å². The van der Waals surface area contributed by atoms with Crippen molar-refractivity contribution in [2.24, 2.45) is 5.92 Å². The third-order valence-corrected chi connectivity index (χ3v) is 3.94. The molecule has 2 heteroatoms. The highest BCUT2D eigenvalue weighted by atomic mass is 15.1. The Labute approximate surface area is 138 Å². The van der Waals surface area contributed by atoms with Gasteiger partial charge in [-0.05, 0) is 47.7 Å². The maximum Gasteiger partial charge on any atom is 0.254 e. The number of aromatic nitrogens is 2. The number of nitrogens with zero attached hydrogens (tertiary/aromatic N) is 2. The second-order valence-electron chi connectivity index (χ2n) is 6.29. The van der Waals surface area contributed by atoms with Crippen molar-refractivity contribution in [3.8, 4) is 11.4 Å². The molecule has 0 unspecified atom stereocenters. The molecule has 0 fully saturated rings. The Kier molecular flexibility index (Phi) is 4.42. The highest BCUT2D eigenvalue weighted by Crippen LogP contribution is 2.13. The summed E-state index contributed by atoms with van der Waals surface area (Å²) in [6.45, 7) is 8.29. The van der Waals surface area contributed by atoms with Gasteiger partial charge in [0.25, 0.3) is 6.33 Å². The average Bonchev–Trinajstić information content (AvgIpc) is 3.05. The van der Waals surface area contributed by atoms with Crippen LogP contribution in [0, 0.1) is 5.92 Å². The molecular weight excluding hydrogens is 280 g/mol. The van der Waals surface area contributed by atoms with Gasteiger partial charge in [0, 0.05) is 0 Å². The highest BCUT2D eigenvalue weighted by molar-refractivity contribution is 5.48. The fourth-order valence-electron chi connectivity index (χ4n) is 2.72. The van der Waals surface area contributed by atoms with Crippen LogP contribution in [0.3, 0.4) is 0 Å². The van der Waals surface area contributed by atoms with E-state index < -0.39 is 0 Å². The first-order chi connectivity index (χ1) is 11.2. The fourth-order valence-corrected chi connectivity index (χ4v) is 2.72. The van der Waals surface area contributed by atoms with Crippen LogP contribution in [0.2, 0.25) is 0 Å². The molecule has 0 N–H and O–H groups in total. The van der Waals surface area contributed by atoms with Gasteiger partial charge in [0.1, 0.15) is 23.8 Å². The Morgan fingerprint density at radius 2 is 1.74 bits per heavy atom. The first kappa shape index (κ1) is 15.3. The molecule has 116 valence electrons. The maximum absolute atomic E-state index is 3.79. The van der Waals surface area contributed by atoms with E-state index in [1.54, 1.807) is 0 Å². The molecule has 0 atom stereocenters. The minimum absolute atomic E-state index is 0.688. The van der Waals surface area contributed by atoms with Crippen molar-refractivity contribution < 1.29 is 4.57 Å². The summed E-state index contributed by atoms with van der Waals surface area (Å²) in [5.74, 6) is 0.688. The Morgan fingerprint density at radius 1 is 1.04 bits per heavy atom. The molecular formula is C21H23N2+. The smallest absolute Gasteiger partial charge is 0.202 e. The third kappa shape index (κ3) is 3.59. The molecule has 0 amide bonds. The summed E-state index contributed by atoms with van der Waals surface area (Å²) in [5, 5.41) is 0. The lowest BCUT2D eigenvalue weighted by molar-refractivity contribution is -0.594. The number of benzene rings is 2. The van der Waals surface area contributed by atoms with Gasteiger partial charge in [-0.15, -0.1) is 0 Å². The zero-order chi connectivity index (χ0) is 16.2. The predicted molar refractivity (Wildman–Crippen MR) is 95.9 cm³/mol. The van der Waals surface area contributed by atoms with E-state index in [-0.39, 0.29) is 0 Å². The number of rotatable bonds is 5. The first-order valence-corrected chi connectivity index (χ1v) is 8.07. The zero-order valence-electron chi connectivity index (χ0n) is 13.8. The number of hydrogen-bond donors (Lipinski definition) is 0. The van der Waals surface area contributed by atoms with Crippen LogP contribution in [0.5, 0.6) is 0 Å². The van der Waals surface area contributed by atoms with Crippen LogP contribution in [0.4, 0.5) is 0 Å². The van der Waals surface area contributed by atoms with E-state index in [9.17, 15) is 0 Å². The van der Waals surface area contributed by atoms with E-state index >= 15 is 0 Å². The Morgan fingerprint density at radius 3 is 2.35 bits per heavy atom. The fraction of sp³-hybridized carbons (Fsp3) is 0.190. The Balaban J connectivity index is 1.81. The molecule has 0 aliphatic rings. The molecule has 2 nitrogen and oxygen atoms in total. The first-order valence-electron chi connectivity index (χ1n) is 8.07. The average molecular weight is 303 g/mol. The van der Waals surface area contributed by atoms with Gasteiger partial charge in [-0.25, -0.2) is 9.13 Å². The summed E-state index contributed by atoms with van der Waals surface area (Å²) < 4.78 is 4.26. The second-order valence-corrected chi connectivity index (χ2v) is 6.29. The standard InChI is InChI=1S/C21H23N2/c1-4-18-5-9-20(10-6-18)22-13-14-23(16-22)21-11-7-19(8-12-21)15-17(2)3/h4-14,16-17H,1,15H2,2-3H3/q+1. The van der Waals surface area contributed by atoms with Crippen molar-refractivity contribution in [1.82, 2.24) is 4.57 Å². The summed E-state index contributed by atoms with van der Waals surface area (Å²) in [6, 6.07) is 17.2. The van der Waals surface area contributed by atoms with Crippen molar-refractivity contribution in [3.63, 3.8) is 0 Å². The van der Waals surface area contributed by atoms with Crippen LogP contribution in [0.1, 0.15) is 25.0 Å². The van der Waals surface area contributed by atoms with E-state index in [1.165, 1.54) is 11.3 Å². The Bertz CT molecular complexity index is 777. The molecule has 0 aliphatic heterocycles. The van der Waals surface area contributed by atoms with Gasteiger partial charge in [-0.1, -0.05) is 50.8 Å². The lowest BCUT2D eigenvalue weighted by atomic mass is 10.0. The highest BCUT2D eigenvalue weighted by Gasteiger charge is 2.08. The monoisotopic (exact) mass is 303 g/mol. The van der Waals surface area contributed by atoms with Crippen LogP contribution in [0.25, 0.3) is 17.5 Å². The van der Waals surface area contributed by atoms with Crippen LogP contribution in [-0.4, -0.2) is 4.57 Å². The van der Waals surface area contributed by atoms with Crippen molar-refractivity contribution in [2.75, 3.05) is 0 Å². The molecule has 3 rings (SSSR count). The minimum Gasteiger partial charge on any atom is -0.202 e. The SMILES string of the molecule is C=Cc1ccc(-[n+]2ccn(-c3ccc(CC(C)C)cc3)c2)cc1. The molecule has 1 heterocycles. The van der Waals surface area contributed by atoms with Crippen LogP contribution in [-0.2, 0) is 6.42 Å². The molecule has 1 aromatic heterocycles. The molecule has 3 aromatic rings. The topological polar surface area (TPSA) is 8.81 Å². The maximum atomic E-state index is 3.79. The van der Waals surface area contributed by atoms with Crippen molar-refractivity contribution >= 4 is 6.08 Å². The van der Waals surface area contributed by atoms with Gasteiger partial charge in [-0.3, -0.25) is 0 Å². The third-order valence-electron chi connectivity index (χ3n) is 3.94. The van der Waals surface area contributed by atoms with Gasteiger partial charge in [0.05, 0.1) is 0 Å². The molecule has 0 radical (unpaired) electrons. The molecule has 0 saturated carbocycles. The minimum atomic E-state index is 0.688. The number of imidazole rings is 1. The van der Waals surface area contributed by atoms with Crippen molar-refractivity contribution in [1.29, 1.82) is 0 Å². The van der Waals surface area contributed by atoms with E-state index in [1.807, 2.05) is 6.08 Å². The van der Waals surface area contributed by atoms with Crippen LogP contribution >= 0.6 is 0 Å². The number of hydrogen-bond acceptors (Lipinski definition) is 0. The van der Waals surface area contributed by atoms with E-state index in [4.69, 9.17) is 0 Å². The quantitative estimate of drug-likeness (QED) is 0.609. The van der Waals surface area contributed by atoms with Gasteiger partial charge >= 0.3 is 0 Å². The van der Waals surface area contributed by atoms with Crippen molar-refractivity contribution in [2.45, 2.75) is 20.3 Å². The van der Waals surface area contributed by atoms with Crippen molar-refractivity contribution in [3.05, 3.63) is 85.0 Å². The normalized spacial score (nSPS) is 10.9. The molecule has 0 saturated heterocycles. The molecule has 23 heavy (non-hydrogen) atoms. The van der Waals surface area contributed by atoms with Crippen LogP contribution < -0.4 is 4.57 Å². The zero-order valence-corrected chi connectivity index (χ0v) is 13.8. The summed E-state index contributed by atoms with van der Waals surface area (Å²) in [4.78, 5) is 0. The van der Waals surface area contributed by atoms with Gasteiger partial charge in [0.15, 0.2) is 0 Å². The summed E-state index contributed by atoms with van der Waals surface area (Å²) >= 11 is 0. The predicted octanol–water partition coefficient (Wildman–Crippen LogP) is 4.60. The second kappa shape index (κ2) is 6.66. The van der Waals surface area contributed by atoms with Gasteiger partial charge in [-0.2, -0.15) is 0 Å². The molecule has 0 bridgehead atoms.